The molecule has 1 fully saturated rings. The van der Waals surface area contributed by atoms with Gasteiger partial charge in [0.2, 0.25) is 0 Å². The Morgan fingerprint density at radius 1 is 0.300 bits per heavy atom. The monoisotopic (exact) mass is 385 g/mol. The van der Waals surface area contributed by atoms with Crippen LogP contribution < -0.4 is 15.4 Å². The first-order valence-electron chi connectivity index (χ1n) is 10.4. The number of benzene rings is 4. The van der Waals surface area contributed by atoms with Crippen LogP contribution in [0.4, 0.5) is 0 Å². The van der Waals surface area contributed by atoms with Crippen molar-refractivity contribution in [2.24, 2.45) is 0 Å². The van der Waals surface area contributed by atoms with Gasteiger partial charge in [-0.15, -0.1) is 0 Å². The summed E-state index contributed by atoms with van der Waals surface area (Å²) in [6.45, 7) is 0. The second-order valence-corrected chi connectivity index (χ2v) is 7.46. The summed E-state index contributed by atoms with van der Waals surface area (Å²) in [7, 11) is 2.81. The van der Waals surface area contributed by atoms with Gasteiger partial charge in [-0.1, -0.05) is 97.1 Å². The van der Waals surface area contributed by atoms with E-state index in [9.17, 15) is 0 Å². The molecule has 142 valence electrons. The fourth-order valence-electron chi connectivity index (χ4n) is 4.26. The average Bonchev–Trinajstić information content (AvgIpc) is 2.85. The van der Waals surface area contributed by atoms with Gasteiger partial charge in [0.25, 0.3) is 22.6 Å². The van der Waals surface area contributed by atoms with Gasteiger partial charge in [0.15, 0.2) is 0 Å². The van der Waals surface area contributed by atoms with Crippen LogP contribution in [-0.4, -0.2) is 22.6 Å². The van der Waals surface area contributed by atoms with Crippen molar-refractivity contribution in [2.75, 3.05) is 0 Å². The fourth-order valence-corrected chi connectivity index (χ4v) is 4.26. The molecule has 1 saturated heterocycles. The second kappa shape index (κ2) is 8.76. The molecule has 0 spiro atoms. The highest BCUT2D eigenvalue weighted by atomic mass is 15.0. The zero-order valence-electron chi connectivity index (χ0n) is 16.9. The molecule has 4 aromatic rings. The Morgan fingerprint density at radius 2 is 0.467 bits per heavy atom. The summed E-state index contributed by atoms with van der Waals surface area (Å²) in [4.78, 5) is 0. The smallest absolute Gasteiger partial charge is 0.265 e. The Kier molecular flexibility index (Phi) is 5.53. The number of nitrogens with one attached hydrogen (secondary N) is 3. The van der Waals surface area contributed by atoms with E-state index in [4.69, 9.17) is 0 Å². The topological polar surface area (TPSA) is 36.1 Å². The lowest BCUT2D eigenvalue weighted by atomic mass is 9.81. The van der Waals surface area contributed by atoms with Gasteiger partial charge in [-0.25, -0.2) is 0 Å². The first-order valence-corrected chi connectivity index (χ1v) is 10.4. The highest BCUT2D eigenvalue weighted by Gasteiger charge is 2.20. The van der Waals surface area contributed by atoms with Crippen molar-refractivity contribution < 1.29 is 0 Å². The van der Waals surface area contributed by atoms with Crippen LogP contribution in [0.1, 0.15) is 0 Å². The van der Waals surface area contributed by atoms with E-state index in [0.29, 0.717) is 0 Å². The second-order valence-electron chi connectivity index (χ2n) is 7.46. The van der Waals surface area contributed by atoms with Crippen LogP contribution in [0.15, 0.2) is 97.1 Å². The summed E-state index contributed by atoms with van der Waals surface area (Å²) >= 11 is 0. The molecular weight excluding hydrogens is 363 g/mol. The largest absolute Gasteiger partial charge is 0.378 e. The molecule has 3 nitrogen and oxygen atoms in total. The summed E-state index contributed by atoms with van der Waals surface area (Å²) in [6, 6.07) is 34.9. The van der Waals surface area contributed by atoms with Gasteiger partial charge >= 0.3 is 0 Å². The molecule has 0 amide bonds. The normalized spacial score (nSPS) is 13.1. The van der Waals surface area contributed by atoms with E-state index in [1.807, 2.05) is 0 Å². The first-order chi connectivity index (χ1) is 14.9. The van der Waals surface area contributed by atoms with Gasteiger partial charge in [-0.3, -0.25) is 0 Å². The molecule has 0 aromatic heterocycles. The van der Waals surface area contributed by atoms with Crippen LogP contribution in [0.25, 0.3) is 44.5 Å². The third kappa shape index (κ3) is 3.61. The maximum atomic E-state index is 3.06. The van der Waals surface area contributed by atoms with E-state index in [0.717, 1.165) is 22.6 Å². The first kappa shape index (κ1) is 19.0. The quantitative estimate of drug-likeness (QED) is 0.359. The van der Waals surface area contributed by atoms with Crippen LogP contribution in [0.5, 0.6) is 0 Å². The summed E-state index contributed by atoms with van der Waals surface area (Å²) < 4.78 is 0. The van der Waals surface area contributed by atoms with Gasteiger partial charge in [0.05, 0.1) is 0 Å². The lowest BCUT2D eigenvalue weighted by Crippen LogP contribution is -2.55. The molecule has 2 aliphatic rings. The Bertz CT molecular complexity index is 877. The molecule has 0 saturated carbocycles. The van der Waals surface area contributed by atoms with Crippen molar-refractivity contribution in [1.29, 1.82) is 0 Å². The molecule has 0 radical (unpaired) electrons. The summed E-state index contributed by atoms with van der Waals surface area (Å²) in [5, 5.41) is 9.19. The summed E-state index contributed by atoms with van der Waals surface area (Å²) in [5.41, 5.74) is 10.4. The number of fused-ring (bicyclic) bond motifs is 8. The average molecular weight is 385 g/mol. The molecule has 0 atom stereocenters. The standard InChI is InChI=1S/C24H16.B3H6N3/c1-2-10-18-17(9-1)19-11-3-4-13-21(19)23-15-7-8-16-24(23)22-14-6-5-12-20(18)22;1-4-2-6-3-5-1/h1-16H;1-6H. The minimum atomic E-state index is 0.938. The van der Waals surface area contributed by atoms with Crippen LogP contribution >= 0.6 is 0 Å². The Balaban J connectivity index is 0.000000279. The van der Waals surface area contributed by atoms with Crippen molar-refractivity contribution in [3.05, 3.63) is 97.1 Å². The van der Waals surface area contributed by atoms with Crippen LogP contribution in [-0.2, 0) is 0 Å². The minimum absolute atomic E-state index is 0.938. The SMILES string of the molecule is B1NBNBN1.c1ccc2c(c1)-c1ccccc1-c1ccccc1-c1ccccc1-2. The highest BCUT2D eigenvalue weighted by molar-refractivity contribution is 6.65. The van der Waals surface area contributed by atoms with Crippen molar-refractivity contribution >= 4 is 22.6 Å². The van der Waals surface area contributed by atoms with Gasteiger partial charge in [0, 0.05) is 0 Å². The van der Waals surface area contributed by atoms with E-state index in [-0.39, 0.29) is 0 Å². The maximum absolute atomic E-state index is 3.06. The van der Waals surface area contributed by atoms with E-state index >= 15 is 0 Å². The molecule has 6 heteroatoms. The predicted molar refractivity (Wildman–Crippen MR) is 133 cm³/mol. The third-order valence-corrected chi connectivity index (χ3v) is 5.62. The van der Waals surface area contributed by atoms with Gasteiger partial charge in [0.1, 0.15) is 0 Å². The molecule has 0 bridgehead atoms. The van der Waals surface area contributed by atoms with Crippen molar-refractivity contribution in [1.82, 2.24) is 15.4 Å². The van der Waals surface area contributed by atoms with Crippen molar-refractivity contribution in [2.45, 2.75) is 0 Å². The van der Waals surface area contributed by atoms with Gasteiger partial charge < -0.3 is 15.4 Å². The fraction of sp³-hybridized carbons (Fsp3) is 0. The van der Waals surface area contributed by atoms with Gasteiger partial charge in [-0.05, 0) is 44.5 Å². The molecule has 0 unspecified atom stereocenters. The lowest BCUT2D eigenvalue weighted by molar-refractivity contribution is 1.28. The van der Waals surface area contributed by atoms with Gasteiger partial charge in [-0.2, -0.15) is 0 Å². The van der Waals surface area contributed by atoms with E-state index < -0.39 is 0 Å². The summed E-state index contributed by atoms with van der Waals surface area (Å²) in [6.07, 6.45) is 0. The molecule has 3 N–H and O–H groups in total. The number of hydrogen-bond acceptors (Lipinski definition) is 3. The third-order valence-electron chi connectivity index (χ3n) is 5.62. The summed E-state index contributed by atoms with van der Waals surface area (Å²) in [5.74, 6) is 0. The molecule has 4 aromatic carbocycles. The van der Waals surface area contributed by atoms with Crippen LogP contribution in [0, 0.1) is 0 Å². The van der Waals surface area contributed by atoms with Crippen molar-refractivity contribution in [3.8, 4) is 44.5 Å². The molecular formula is C24H22B3N3. The van der Waals surface area contributed by atoms with E-state index in [1.54, 1.807) is 0 Å². The molecule has 1 aliphatic carbocycles. The number of rotatable bonds is 0. The molecule has 1 aliphatic heterocycles. The van der Waals surface area contributed by atoms with Crippen LogP contribution in [0.2, 0.25) is 0 Å². The van der Waals surface area contributed by atoms with Crippen LogP contribution in [0.3, 0.4) is 0 Å². The predicted octanol–water partition coefficient (Wildman–Crippen LogP) is 3.24. The Hall–Kier alpha value is -3.05. The maximum Gasteiger partial charge on any atom is 0.265 e. The number of hydrogen-bond donors (Lipinski definition) is 3. The highest BCUT2D eigenvalue weighted by Crippen LogP contribution is 2.46. The lowest BCUT2D eigenvalue weighted by Gasteiger charge is -2.22. The van der Waals surface area contributed by atoms with E-state index in [1.165, 1.54) is 44.5 Å². The molecule has 1 heterocycles. The molecule has 6 rings (SSSR count). The van der Waals surface area contributed by atoms with Crippen molar-refractivity contribution in [3.63, 3.8) is 0 Å². The van der Waals surface area contributed by atoms with E-state index in [2.05, 4.69) is 112 Å². The zero-order valence-corrected chi connectivity index (χ0v) is 16.9. The zero-order chi connectivity index (χ0) is 20.2. The molecule has 30 heavy (non-hydrogen) atoms. The Morgan fingerprint density at radius 3 is 0.600 bits per heavy atom. The minimum Gasteiger partial charge on any atom is -0.378 e. The Labute approximate surface area is 179 Å².